The Bertz CT molecular complexity index is 752. The monoisotopic (exact) mass is 394 g/mol. The Kier molecular flexibility index (Phi) is 5.20. The van der Waals surface area contributed by atoms with E-state index in [9.17, 15) is 14.7 Å². The minimum absolute atomic E-state index is 0.227. The van der Waals surface area contributed by atoms with Crippen molar-refractivity contribution in [2.75, 3.05) is 13.2 Å². The molecule has 3 rings (SSSR count). The normalized spacial score (nSPS) is 19.1. The molecular formula is C17H19BrN2O4. The first-order chi connectivity index (χ1) is 11.5. The number of H-pyrrole nitrogens is 1. The van der Waals surface area contributed by atoms with Gasteiger partial charge in [-0.3, -0.25) is 4.79 Å². The Morgan fingerprint density at radius 2 is 2.29 bits per heavy atom. The molecule has 6 nitrogen and oxygen atoms in total. The highest BCUT2D eigenvalue weighted by Crippen LogP contribution is 2.24. The Hall–Kier alpha value is -1.86. The number of amides is 1. The molecule has 0 aliphatic carbocycles. The summed E-state index contributed by atoms with van der Waals surface area (Å²) < 4.78 is 6.23. The number of carboxylic acids is 1. The molecule has 2 heterocycles. The zero-order chi connectivity index (χ0) is 17.1. The lowest BCUT2D eigenvalue weighted by Crippen LogP contribution is -2.46. The minimum atomic E-state index is -1.04. The first kappa shape index (κ1) is 17.0. The van der Waals surface area contributed by atoms with Gasteiger partial charge in [-0.2, -0.15) is 0 Å². The molecule has 0 radical (unpaired) electrons. The van der Waals surface area contributed by atoms with Crippen LogP contribution in [0.1, 0.15) is 18.4 Å². The Morgan fingerprint density at radius 3 is 3.00 bits per heavy atom. The minimum Gasteiger partial charge on any atom is -0.480 e. The average Bonchev–Trinajstić information content (AvgIpc) is 2.97. The first-order valence-electron chi connectivity index (χ1n) is 7.91. The molecule has 1 aliphatic rings. The van der Waals surface area contributed by atoms with Crippen LogP contribution in [0.5, 0.6) is 0 Å². The van der Waals surface area contributed by atoms with Crippen LogP contribution in [-0.4, -0.2) is 41.2 Å². The maximum absolute atomic E-state index is 12.3. The van der Waals surface area contributed by atoms with Crippen LogP contribution in [0.2, 0.25) is 0 Å². The number of carbonyl (C=O) groups excluding carboxylic acids is 1. The van der Waals surface area contributed by atoms with Crippen LogP contribution in [0.4, 0.5) is 0 Å². The van der Waals surface area contributed by atoms with Gasteiger partial charge in [-0.25, -0.2) is 4.79 Å². The van der Waals surface area contributed by atoms with Crippen molar-refractivity contribution in [1.29, 1.82) is 0 Å². The van der Waals surface area contributed by atoms with Crippen LogP contribution >= 0.6 is 15.9 Å². The van der Waals surface area contributed by atoms with Crippen molar-refractivity contribution in [3.8, 4) is 0 Å². The van der Waals surface area contributed by atoms with Crippen molar-refractivity contribution in [3.63, 3.8) is 0 Å². The van der Waals surface area contributed by atoms with E-state index in [1.54, 1.807) is 6.20 Å². The number of carboxylic acid groups (broad SMARTS) is 1. The van der Waals surface area contributed by atoms with Crippen molar-refractivity contribution in [3.05, 3.63) is 34.4 Å². The predicted molar refractivity (Wildman–Crippen MR) is 92.8 cm³/mol. The Morgan fingerprint density at radius 1 is 1.46 bits per heavy atom. The summed E-state index contributed by atoms with van der Waals surface area (Å²) in [6.07, 6.45) is 3.58. The fourth-order valence-corrected chi connectivity index (χ4v) is 3.34. The lowest BCUT2D eigenvalue weighted by atomic mass is 9.99. The lowest BCUT2D eigenvalue weighted by molar-refractivity contribution is -0.143. The van der Waals surface area contributed by atoms with E-state index in [4.69, 9.17) is 4.74 Å². The summed E-state index contributed by atoms with van der Waals surface area (Å²) in [7, 11) is 0. The smallest absolute Gasteiger partial charge is 0.326 e. The summed E-state index contributed by atoms with van der Waals surface area (Å²) in [5, 5.41) is 13.1. The van der Waals surface area contributed by atoms with Gasteiger partial charge in [-0.15, -0.1) is 0 Å². The van der Waals surface area contributed by atoms with Gasteiger partial charge in [0.05, 0.1) is 12.5 Å². The van der Waals surface area contributed by atoms with E-state index in [2.05, 4.69) is 26.2 Å². The fourth-order valence-electron chi connectivity index (χ4n) is 2.98. The number of aliphatic carboxylic acids is 1. The first-order valence-corrected chi connectivity index (χ1v) is 8.70. The molecule has 0 spiro atoms. The van der Waals surface area contributed by atoms with Crippen molar-refractivity contribution in [2.24, 2.45) is 5.92 Å². The summed E-state index contributed by atoms with van der Waals surface area (Å²) in [6, 6.07) is 4.83. The van der Waals surface area contributed by atoms with Crippen LogP contribution in [0.25, 0.3) is 10.9 Å². The molecule has 1 saturated heterocycles. The van der Waals surface area contributed by atoms with Crippen molar-refractivity contribution in [1.82, 2.24) is 10.3 Å². The number of fused-ring (bicyclic) bond motifs is 1. The summed E-state index contributed by atoms with van der Waals surface area (Å²) >= 11 is 3.42. The second-order valence-corrected chi connectivity index (χ2v) is 6.94. The van der Waals surface area contributed by atoms with E-state index in [0.29, 0.717) is 13.2 Å². The van der Waals surface area contributed by atoms with Crippen molar-refractivity contribution < 1.29 is 19.4 Å². The van der Waals surface area contributed by atoms with Crippen molar-refractivity contribution in [2.45, 2.75) is 25.3 Å². The van der Waals surface area contributed by atoms with E-state index >= 15 is 0 Å². The third-order valence-corrected chi connectivity index (χ3v) is 4.79. The van der Waals surface area contributed by atoms with Gasteiger partial charge >= 0.3 is 5.97 Å². The molecule has 1 amide bonds. The van der Waals surface area contributed by atoms with E-state index in [-0.39, 0.29) is 18.2 Å². The summed E-state index contributed by atoms with van der Waals surface area (Å²) in [6.45, 7) is 1.02. The Balaban J connectivity index is 1.74. The van der Waals surface area contributed by atoms with Gasteiger partial charge in [0.15, 0.2) is 0 Å². The molecule has 1 aromatic heterocycles. The predicted octanol–water partition coefficient (Wildman–Crippen LogP) is 2.47. The maximum atomic E-state index is 12.3. The van der Waals surface area contributed by atoms with Gasteiger partial charge in [0.25, 0.3) is 0 Å². The van der Waals surface area contributed by atoms with E-state index in [1.165, 1.54) is 0 Å². The molecule has 1 fully saturated rings. The number of carbonyl (C=O) groups is 2. The highest BCUT2D eigenvalue weighted by Gasteiger charge is 2.27. The fraction of sp³-hybridized carbons (Fsp3) is 0.412. The van der Waals surface area contributed by atoms with Crippen molar-refractivity contribution >= 4 is 38.7 Å². The largest absolute Gasteiger partial charge is 0.480 e. The molecule has 1 aliphatic heterocycles. The molecule has 128 valence electrons. The number of benzene rings is 1. The number of ether oxygens (including phenoxy) is 1. The van der Waals surface area contributed by atoms with Gasteiger partial charge in [-0.05, 0) is 36.6 Å². The second-order valence-electron chi connectivity index (χ2n) is 6.02. The van der Waals surface area contributed by atoms with Gasteiger partial charge in [0.1, 0.15) is 6.04 Å². The Labute approximate surface area is 147 Å². The van der Waals surface area contributed by atoms with Gasteiger partial charge in [0.2, 0.25) is 5.91 Å². The number of aromatic nitrogens is 1. The SMILES string of the molecule is O=C(NC(Cc1c[nH]c2ccc(Br)cc12)C(=O)O)C1CCCOC1. The summed E-state index contributed by atoms with van der Waals surface area (Å²) in [5.74, 6) is -1.55. The lowest BCUT2D eigenvalue weighted by Gasteiger charge is -2.23. The zero-order valence-electron chi connectivity index (χ0n) is 13.0. The number of hydrogen-bond donors (Lipinski definition) is 3. The maximum Gasteiger partial charge on any atom is 0.326 e. The van der Waals surface area contributed by atoms with E-state index in [1.807, 2.05) is 18.2 Å². The number of aromatic amines is 1. The standard InChI is InChI=1S/C17H19BrN2O4/c18-12-3-4-14-13(7-12)11(8-19-14)6-15(17(22)23)20-16(21)10-2-1-5-24-9-10/h3-4,7-8,10,15,19H,1-2,5-6,9H2,(H,20,21)(H,22,23). The molecule has 1 aromatic carbocycles. The molecule has 24 heavy (non-hydrogen) atoms. The molecule has 2 atom stereocenters. The molecule has 2 aromatic rings. The number of rotatable bonds is 5. The molecule has 3 N–H and O–H groups in total. The van der Waals surface area contributed by atoms with Gasteiger partial charge < -0.3 is 20.1 Å². The molecule has 7 heteroatoms. The topological polar surface area (TPSA) is 91.4 Å². The number of nitrogens with one attached hydrogen (secondary N) is 2. The third-order valence-electron chi connectivity index (χ3n) is 4.30. The quantitative estimate of drug-likeness (QED) is 0.726. The summed E-state index contributed by atoms with van der Waals surface area (Å²) in [4.78, 5) is 27.0. The second kappa shape index (κ2) is 7.36. The van der Waals surface area contributed by atoms with Gasteiger partial charge in [0, 0.05) is 34.6 Å². The zero-order valence-corrected chi connectivity index (χ0v) is 14.6. The van der Waals surface area contributed by atoms with E-state index in [0.717, 1.165) is 33.8 Å². The highest BCUT2D eigenvalue weighted by molar-refractivity contribution is 9.10. The molecular weight excluding hydrogens is 376 g/mol. The van der Waals surface area contributed by atoms with Crippen LogP contribution in [-0.2, 0) is 20.7 Å². The third kappa shape index (κ3) is 3.79. The van der Waals surface area contributed by atoms with Crippen LogP contribution < -0.4 is 5.32 Å². The highest BCUT2D eigenvalue weighted by atomic mass is 79.9. The molecule has 2 unspecified atom stereocenters. The van der Waals surface area contributed by atoms with E-state index < -0.39 is 12.0 Å². The van der Waals surface area contributed by atoms with Gasteiger partial charge in [-0.1, -0.05) is 15.9 Å². The summed E-state index contributed by atoms with van der Waals surface area (Å²) in [5.41, 5.74) is 1.79. The van der Waals surface area contributed by atoms with Crippen LogP contribution in [0, 0.1) is 5.92 Å². The number of hydrogen-bond acceptors (Lipinski definition) is 3. The molecule has 0 saturated carbocycles. The average molecular weight is 395 g/mol. The van der Waals surface area contributed by atoms with Crippen LogP contribution in [0.15, 0.2) is 28.9 Å². The van der Waals surface area contributed by atoms with Crippen LogP contribution in [0.3, 0.4) is 0 Å². The number of halogens is 1. The molecule has 0 bridgehead atoms.